The number of aromatic nitrogens is 2. The number of methoxy groups -OCH3 is 1. The number of benzene rings is 1. The zero-order valence-corrected chi connectivity index (χ0v) is 12.9. The van der Waals surface area contributed by atoms with Crippen LogP contribution in [0.4, 0.5) is 0 Å². The van der Waals surface area contributed by atoms with Crippen molar-refractivity contribution in [2.75, 3.05) is 12.9 Å². The van der Waals surface area contributed by atoms with E-state index >= 15 is 0 Å². The number of rotatable bonds is 6. The van der Waals surface area contributed by atoms with Crippen molar-refractivity contribution >= 4 is 17.7 Å². The van der Waals surface area contributed by atoms with E-state index in [4.69, 9.17) is 9.15 Å². The van der Waals surface area contributed by atoms with Gasteiger partial charge in [0.25, 0.3) is 11.1 Å². The molecule has 2 rings (SSSR count). The number of thioether (sulfide) groups is 1. The van der Waals surface area contributed by atoms with Gasteiger partial charge in [-0.15, -0.1) is 10.2 Å². The van der Waals surface area contributed by atoms with Gasteiger partial charge in [-0.2, -0.15) is 0 Å². The largest absolute Gasteiger partial charge is 0.496 e. The predicted octanol–water partition coefficient (Wildman–Crippen LogP) is 2.36. The van der Waals surface area contributed by atoms with E-state index in [2.05, 4.69) is 15.5 Å². The van der Waals surface area contributed by atoms with E-state index in [1.807, 2.05) is 38.1 Å². The lowest BCUT2D eigenvalue weighted by atomic mass is 10.2. The molecular weight excluding hydrogens is 290 g/mol. The second-order valence-corrected chi connectivity index (χ2v) is 5.51. The van der Waals surface area contributed by atoms with Crippen LogP contribution in [-0.4, -0.2) is 35.0 Å². The minimum Gasteiger partial charge on any atom is -0.496 e. The first-order chi connectivity index (χ1) is 10.1. The molecule has 0 aliphatic rings. The summed E-state index contributed by atoms with van der Waals surface area (Å²) in [4.78, 5) is 11.6. The number of nitrogens with zero attached hydrogens (tertiary/aromatic N) is 2. The number of carbonyl (C=O) groups is 1. The summed E-state index contributed by atoms with van der Waals surface area (Å²) in [6.45, 7) is 3.82. The van der Waals surface area contributed by atoms with E-state index in [9.17, 15) is 4.79 Å². The number of ether oxygens (including phenoxy) is 1. The Morgan fingerprint density at radius 2 is 2.14 bits per heavy atom. The maximum Gasteiger partial charge on any atom is 0.277 e. The summed E-state index contributed by atoms with van der Waals surface area (Å²) in [7, 11) is 1.58. The van der Waals surface area contributed by atoms with Gasteiger partial charge in [-0.25, -0.2) is 0 Å². The Hall–Kier alpha value is -2.02. The van der Waals surface area contributed by atoms with Crippen molar-refractivity contribution in [3.63, 3.8) is 0 Å². The van der Waals surface area contributed by atoms with Crippen LogP contribution in [0.25, 0.3) is 11.5 Å². The summed E-state index contributed by atoms with van der Waals surface area (Å²) >= 11 is 1.21. The fourth-order valence-electron chi connectivity index (χ4n) is 1.69. The van der Waals surface area contributed by atoms with Gasteiger partial charge in [0.15, 0.2) is 0 Å². The number of nitrogens with one attached hydrogen (secondary N) is 1. The summed E-state index contributed by atoms with van der Waals surface area (Å²) in [6.07, 6.45) is 0. The Morgan fingerprint density at radius 3 is 2.86 bits per heavy atom. The Bertz CT molecular complexity index is 613. The third kappa shape index (κ3) is 4.22. The van der Waals surface area contributed by atoms with Gasteiger partial charge in [0.1, 0.15) is 5.75 Å². The molecule has 1 aromatic heterocycles. The van der Waals surface area contributed by atoms with E-state index < -0.39 is 0 Å². The summed E-state index contributed by atoms with van der Waals surface area (Å²) in [5.74, 6) is 1.22. The highest BCUT2D eigenvalue weighted by atomic mass is 32.2. The molecule has 0 fully saturated rings. The molecule has 21 heavy (non-hydrogen) atoms. The van der Waals surface area contributed by atoms with Crippen molar-refractivity contribution in [3.05, 3.63) is 24.3 Å². The van der Waals surface area contributed by atoms with E-state index in [-0.39, 0.29) is 17.7 Å². The monoisotopic (exact) mass is 307 g/mol. The van der Waals surface area contributed by atoms with Crippen LogP contribution in [0.15, 0.2) is 33.9 Å². The fourth-order valence-corrected chi connectivity index (χ4v) is 2.26. The molecule has 0 radical (unpaired) electrons. The van der Waals surface area contributed by atoms with Gasteiger partial charge in [-0.05, 0) is 26.0 Å². The first kappa shape index (κ1) is 15.4. The molecule has 1 N–H and O–H groups in total. The summed E-state index contributed by atoms with van der Waals surface area (Å²) in [6, 6.07) is 7.51. The number of para-hydroxylation sites is 1. The van der Waals surface area contributed by atoms with Crippen LogP contribution in [0.3, 0.4) is 0 Å². The van der Waals surface area contributed by atoms with Gasteiger partial charge in [0.05, 0.1) is 18.4 Å². The van der Waals surface area contributed by atoms with Crippen molar-refractivity contribution in [3.8, 4) is 17.2 Å². The molecule has 0 bridgehead atoms. The number of hydrogen-bond acceptors (Lipinski definition) is 6. The molecular formula is C14H17N3O3S. The van der Waals surface area contributed by atoms with Crippen molar-refractivity contribution in [2.24, 2.45) is 0 Å². The summed E-state index contributed by atoms with van der Waals surface area (Å²) in [5.41, 5.74) is 0.728. The average Bonchev–Trinajstić information content (AvgIpc) is 2.93. The SMILES string of the molecule is COc1ccccc1-c1nnc(SCC(=O)NC(C)C)o1. The summed E-state index contributed by atoms with van der Waals surface area (Å²) in [5, 5.41) is 11.1. The topological polar surface area (TPSA) is 77.2 Å². The van der Waals surface area contributed by atoms with Crippen LogP contribution < -0.4 is 10.1 Å². The number of carbonyl (C=O) groups excluding carboxylic acids is 1. The van der Waals surface area contributed by atoms with Gasteiger partial charge in [0.2, 0.25) is 5.91 Å². The van der Waals surface area contributed by atoms with Crippen LogP contribution in [0.1, 0.15) is 13.8 Å². The highest BCUT2D eigenvalue weighted by Gasteiger charge is 2.14. The van der Waals surface area contributed by atoms with Crippen LogP contribution in [0.5, 0.6) is 5.75 Å². The van der Waals surface area contributed by atoms with Crippen molar-refractivity contribution in [1.29, 1.82) is 0 Å². The Labute approximate surface area is 127 Å². The first-order valence-corrected chi connectivity index (χ1v) is 7.47. The van der Waals surface area contributed by atoms with Crippen LogP contribution in [0, 0.1) is 0 Å². The lowest BCUT2D eigenvalue weighted by molar-refractivity contribution is -0.119. The third-order valence-electron chi connectivity index (χ3n) is 2.52. The molecule has 6 nitrogen and oxygen atoms in total. The number of amides is 1. The van der Waals surface area contributed by atoms with E-state index in [0.717, 1.165) is 5.56 Å². The Morgan fingerprint density at radius 1 is 1.38 bits per heavy atom. The normalized spacial score (nSPS) is 10.7. The molecule has 0 atom stereocenters. The second kappa shape index (κ2) is 7.12. The molecule has 112 valence electrons. The van der Waals surface area contributed by atoms with Gasteiger partial charge < -0.3 is 14.5 Å². The van der Waals surface area contributed by atoms with Crippen molar-refractivity contribution < 1.29 is 13.9 Å². The standard InChI is InChI=1S/C14H17N3O3S/c1-9(2)15-12(18)8-21-14-17-16-13(20-14)10-6-4-5-7-11(10)19-3/h4-7,9H,8H2,1-3H3,(H,15,18). The zero-order chi connectivity index (χ0) is 15.2. The van der Waals surface area contributed by atoms with E-state index in [0.29, 0.717) is 16.9 Å². The van der Waals surface area contributed by atoms with Crippen molar-refractivity contribution in [1.82, 2.24) is 15.5 Å². The van der Waals surface area contributed by atoms with Crippen molar-refractivity contribution in [2.45, 2.75) is 25.1 Å². The zero-order valence-electron chi connectivity index (χ0n) is 12.1. The minimum absolute atomic E-state index is 0.0629. The molecule has 0 aliphatic carbocycles. The minimum atomic E-state index is -0.0629. The second-order valence-electron chi connectivity index (χ2n) is 4.58. The molecule has 1 aromatic carbocycles. The van der Waals surface area contributed by atoms with E-state index in [1.54, 1.807) is 7.11 Å². The molecule has 0 saturated heterocycles. The smallest absolute Gasteiger partial charge is 0.277 e. The molecule has 7 heteroatoms. The lowest BCUT2D eigenvalue weighted by Crippen LogP contribution is -2.31. The van der Waals surface area contributed by atoms with Gasteiger partial charge in [0, 0.05) is 6.04 Å². The molecule has 1 amide bonds. The first-order valence-electron chi connectivity index (χ1n) is 6.49. The summed E-state index contributed by atoms with van der Waals surface area (Å²) < 4.78 is 10.8. The Kier molecular flexibility index (Phi) is 5.21. The fraction of sp³-hybridized carbons (Fsp3) is 0.357. The van der Waals surface area contributed by atoms with E-state index in [1.165, 1.54) is 11.8 Å². The van der Waals surface area contributed by atoms with Crippen LogP contribution in [0.2, 0.25) is 0 Å². The quantitative estimate of drug-likeness (QED) is 0.826. The average molecular weight is 307 g/mol. The maximum absolute atomic E-state index is 11.6. The van der Waals surface area contributed by atoms with Crippen LogP contribution in [-0.2, 0) is 4.79 Å². The third-order valence-corrected chi connectivity index (χ3v) is 3.34. The molecule has 0 saturated carbocycles. The van der Waals surface area contributed by atoms with Gasteiger partial charge >= 0.3 is 0 Å². The maximum atomic E-state index is 11.6. The molecule has 0 unspecified atom stereocenters. The lowest BCUT2D eigenvalue weighted by Gasteiger charge is -2.06. The highest BCUT2D eigenvalue weighted by molar-refractivity contribution is 7.99. The van der Waals surface area contributed by atoms with Gasteiger partial charge in [-0.1, -0.05) is 23.9 Å². The highest BCUT2D eigenvalue weighted by Crippen LogP contribution is 2.30. The molecule has 0 aliphatic heterocycles. The molecule has 0 spiro atoms. The van der Waals surface area contributed by atoms with Gasteiger partial charge in [-0.3, -0.25) is 4.79 Å². The van der Waals surface area contributed by atoms with Crippen LogP contribution >= 0.6 is 11.8 Å². The molecule has 1 heterocycles. The number of hydrogen-bond donors (Lipinski definition) is 1. The molecule has 2 aromatic rings. The predicted molar refractivity (Wildman–Crippen MR) is 80.3 cm³/mol. The Balaban J connectivity index is 2.03.